The molecule has 0 radical (unpaired) electrons. The van der Waals surface area contributed by atoms with E-state index in [1.54, 1.807) is 12.1 Å². The number of nitrogens with two attached hydrogens (primary N) is 1. The van der Waals surface area contributed by atoms with E-state index in [0.29, 0.717) is 27.4 Å². The summed E-state index contributed by atoms with van der Waals surface area (Å²) < 4.78 is 79.1. The molecule has 0 unspecified atom stereocenters. The average Bonchev–Trinajstić information content (AvgIpc) is 2.79. The zero-order valence-corrected chi connectivity index (χ0v) is 25.1. The number of hydrogen-bond donors (Lipinski definition) is 2. The number of alkyl halides is 6. The normalized spacial score (nSPS) is 10.9. The highest BCUT2D eigenvalue weighted by Crippen LogP contribution is 2.27. The standard InChI is InChI=1S/C12H7Cl2F3N2O.C7H6F3NO.C5H2Cl2IN/c13-10-5-8(6-11(14)19-10)18-7-1-3-9(4-2-7)20-12(15,16)17;8-7(9,10)12-6-3-1-5(11)2-4-6;6-4-1-3(8)2-5(7)9-4/h1-6H,(H,18,19);1-4H,11H2;1-2H. The van der Waals surface area contributed by atoms with Crippen LogP contribution < -0.4 is 20.5 Å². The maximum absolute atomic E-state index is 12.0. The van der Waals surface area contributed by atoms with Crippen molar-refractivity contribution in [3.05, 3.63) is 97.0 Å². The Balaban J connectivity index is 0.000000237. The summed E-state index contributed by atoms with van der Waals surface area (Å²) in [4.78, 5) is 7.54. The summed E-state index contributed by atoms with van der Waals surface area (Å²) in [6.07, 6.45) is -9.35. The monoisotopic (exact) mass is 772 g/mol. The van der Waals surface area contributed by atoms with Gasteiger partial charge in [-0.05, 0) is 95.4 Å². The molecule has 0 aliphatic carbocycles. The van der Waals surface area contributed by atoms with E-state index in [-0.39, 0.29) is 21.8 Å². The number of aromatic nitrogens is 2. The van der Waals surface area contributed by atoms with Crippen LogP contribution >= 0.6 is 69.0 Å². The van der Waals surface area contributed by atoms with Crippen LogP contribution in [0.15, 0.2) is 72.8 Å². The van der Waals surface area contributed by atoms with Crippen LogP contribution in [0.1, 0.15) is 0 Å². The largest absolute Gasteiger partial charge is 0.573 e. The zero-order chi connectivity index (χ0) is 30.8. The maximum atomic E-state index is 12.0. The molecule has 0 aliphatic rings. The number of nitrogen functional groups attached to an aromatic ring is 1. The van der Waals surface area contributed by atoms with Gasteiger partial charge in [0.15, 0.2) is 0 Å². The third kappa shape index (κ3) is 15.3. The molecule has 0 bridgehead atoms. The van der Waals surface area contributed by atoms with Crippen molar-refractivity contribution < 1.29 is 35.8 Å². The van der Waals surface area contributed by atoms with E-state index in [4.69, 9.17) is 52.1 Å². The molecule has 4 aromatic rings. The van der Waals surface area contributed by atoms with Gasteiger partial charge in [-0.25, -0.2) is 9.97 Å². The quantitative estimate of drug-likeness (QED) is 0.0930. The summed E-state index contributed by atoms with van der Waals surface area (Å²) in [5, 5.41) is 4.21. The summed E-state index contributed by atoms with van der Waals surface area (Å²) in [6, 6.07) is 16.8. The van der Waals surface area contributed by atoms with Gasteiger partial charge in [-0.3, -0.25) is 0 Å². The lowest BCUT2D eigenvalue weighted by atomic mass is 10.3. The van der Waals surface area contributed by atoms with Gasteiger partial charge >= 0.3 is 12.7 Å². The minimum absolute atomic E-state index is 0.206. The van der Waals surface area contributed by atoms with Crippen LogP contribution in [0.4, 0.5) is 43.4 Å². The van der Waals surface area contributed by atoms with Gasteiger partial charge in [0, 0.05) is 20.6 Å². The van der Waals surface area contributed by atoms with E-state index in [0.717, 1.165) is 15.7 Å². The number of pyridine rings is 2. The predicted octanol–water partition coefficient (Wildman–Crippen LogP) is 10.2. The highest BCUT2D eigenvalue weighted by molar-refractivity contribution is 14.1. The highest BCUT2D eigenvalue weighted by Gasteiger charge is 2.31. The lowest BCUT2D eigenvalue weighted by Gasteiger charge is -2.10. The van der Waals surface area contributed by atoms with Gasteiger partial charge in [-0.15, -0.1) is 26.3 Å². The van der Waals surface area contributed by atoms with Crippen LogP contribution in [0.25, 0.3) is 0 Å². The lowest BCUT2D eigenvalue weighted by molar-refractivity contribution is -0.275. The summed E-state index contributed by atoms with van der Waals surface area (Å²) >= 11 is 24.7. The Morgan fingerprint density at radius 3 is 1.34 bits per heavy atom. The molecule has 3 N–H and O–H groups in total. The van der Waals surface area contributed by atoms with E-state index >= 15 is 0 Å². The predicted molar refractivity (Wildman–Crippen MR) is 155 cm³/mol. The Kier molecular flexibility index (Phi) is 13.2. The molecule has 0 saturated heterocycles. The first kappa shape index (κ1) is 34.6. The fourth-order valence-electron chi connectivity index (χ4n) is 2.55. The molecule has 41 heavy (non-hydrogen) atoms. The van der Waals surface area contributed by atoms with Crippen molar-refractivity contribution in [3.8, 4) is 11.5 Å². The van der Waals surface area contributed by atoms with Gasteiger partial charge in [-0.2, -0.15) is 0 Å². The number of nitrogens with zero attached hydrogens (tertiary/aromatic N) is 2. The second-order valence-electron chi connectivity index (χ2n) is 7.25. The van der Waals surface area contributed by atoms with Gasteiger partial charge in [0.1, 0.15) is 32.1 Å². The molecule has 2 aromatic heterocycles. The van der Waals surface area contributed by atoms with Crippen molar-refractivity contribution in [1.29, 1.82) is 0 Å². The molecule has 17 heteroatoms. The van der Waals surface area contributed by atoms with Crippen LogP contribution in [-0.2, 0) is 0 Å². The Morgan fingerprint density at radius 2 is 0.976 bits per heavy atom. The minimum atomic E-state index is -4.71. The van der Waals surface area contributed by atoms with Crippen molar-refractivity contribution >= 4 is 86.1 Å². The van der Waals surface area contributed by atoms with E-state index in [1.165, 1.54) is 48.5 Å². The van der Waals surface area contributed by atoms with E-state index in [2.05, 4.69) is 47.3 Å². The molecular formula is C24H15Cl4F6IN4O2. The Morgan fingerprint density at radius 1 is 0.610 bits per heavy atom. The SMILES string of the molecule is Clc1cc(I)cc(Cl)n1.FC(F)(F)Oc1ccc(Nc2cc(Cl)nc(Cl)c2)cc1.Nc1ccc(OC(F)(F)F)cc1. The van der Waals surface area contributed by atoms with Crippen LogP contribution in [-0.4, -0.2) is 22.7 Å². The third-order valence-corrected chi connectivity index (χ3v) is 5.38. The fraction of sp³-hybridized carbons (Fsp3) is 0.0833. The number of nitrogens with one attached hydrogen (secondary N) is 1. The minimum Gasteiger partial charge on any atom is -0.406 e. The number of benzene rings is 2. The van der Waals surface area contributed by atoms with Crippen molar-refractivity contribution in [2.75, 3.05) is 11.1 Å². The first-order valence-electron chi connectivity index (χ1n) is 10.5. The van der Waals surface area contributed by atoms with E-state index in [1.807, 2.05) is 0 Å². The summed E-state index contributed by atoms with van der Waals surface area (Å²) in [7, 11) is 0. The zero-order valence-electron chi connectivity index (χ0n) is 19.9. The topological polar surface area (TPSA) is 82.3 Å². The number of halogens is 11. The van der Waals surface area contributed by atoms with Gasteiger partial charge < -0.3 is 20.5 Å². The Labute approximate surface area is 262 Å². The molecular weight excluding hydrogens is 759 g/mol. The molecule has 4 rings (SSSR count). The molecule has 0 aliphatic heterocycles. The smallest absolute Gasteiger partial charge is 0.406 e. The van der Waals surface area contributed by atoms with Crippen molar-refractivity contribution in [1.82, 2.24) is 9.97 Å². The molecule has 0 fully saturated rings. The average molecular weight is 774 g/mol. The number of anilines is 3. The summed E-state index contributed by atoms with van der Waals surface area (Å²) in [6.45, 7) is 0. The number of ether oxygens (including phenoxy) is 2. The highest BCUT2D eigenvalue weighted by atomic mass is 127. The molecule has 0 saturated carbocycles. The maximum Gasteiger partial charge on any atom is 0.573 e. The van der Waals surface area contributed by atoms with Crippen LogP contribution in [0.5, 0.6) is 11.5 Å². The molecule has 0 amide bonds. The number of hydrogen-bond acceptors (Lipinski definition) is 6. The van der Waals surface area contributed by atoms with E-state index in [9.17, 15) is 26.3 Å². The fourth-order valence-corrected chi connectivity index (χ4v) is 4.43. The summed E-state index contributed by atoms with van der Waals surface area (Å²) in [5.41, 5.74) is 6.77. The van der Waals surface area contributed by atoms with Gasteiger partial charge in [-0.1, -0.05) is 46.4 Å². The molecule has 2 aromatic carbocycles. The second-order valence-corrected chi connectivity index (χ2v) is 10.0. The first-order chi connectivity index (χ1) is 19.0. The Hall–Kier alpha value is -2.59. The molecule has 0 spiro atoms. The molecule has 2 heterocycles. The molecule has 220 valence electrons. The van der Waals surface area contributed by atoms with Gasteiger partial charge in [0.2, 0.25) is 0 Å². The third-order valence-electron chi connectivity index (χ3n) is 3.98. The molecule has 6 nitrogen and oxygen atoms in total. The first-order valence-corrected chi connectivity index (χ1v) is 13.1. The summed E-state index contributed by atoms with van der Waals surface area (Å²) in [5.74, 6) is -0.564. The van der Waals surface area contributed by atoms with Crippen molar-refractivity contribution in [3.63, 3.8) is 0 Å². The van der Waals surface area contributed by atoms with Gasteiger partial charge in [0.25, 0.3) is 0 Å². The van der Waals surface area contributed by atoms with Crippen LogP contribution in [0.2, 0.25) is 20.6 Å². The van der Waals surface area contributed by atoms with Gasteiger partial charge in [0.05, 0.1) is 0 Å². The Bertz CT molecular complexity index is 1340. The van der Waals surface area contributed by atoms with Crippen molar-refractivity contribution in [2.45, 2.75) is 12.7 Å². The molecule has 0 atom stereocenters. The lowest BCUT2D eigenvalue weighted by Crippen LogP contribution is -2.17. The van der Waals surface area contributed by atoms with E-state index < -0.39 is 12.7 Å². The number of rotatable bonds is 4. The van der Waals surface area contributed by atoms with Crippen LogP contribution in [0, 0.1) is 3.57 Å². The van der Waals surface area contributed by atoms with Crippen molar-refractivity contribution in [2.24, 2.45) is 0 Å². The van der Waals surface area contributed by atoms with Crippen LogP contribution in [0.3, 0.4) is 0 Å². The second kappa shape index (κ2) is 15.6.